The van der Waals surface area contributed by atoms with Gasteiger partial charge in [-0.05, 0) is 86.0 Å². The average molecular weight is 519 g/mol. The molecule has 2 aliphatic heterocycles. The monoisotopic (exact) mass is 518 g/mol. The van der Waals surface area contributed by atoms with Gasteiger partial charge in [-0.3, -0.25) is 9.80 Å². The molecule has 2 fully saturated rings. The van der Waals surface area contributed by atoms with Crippen molar-refractivity contribution in [1.82, 2.24) is 14.7 Å². The number of piperazine rings is 1. The molecule has 2 atom stereocenters. The Bertz CT molecular complexity index is 1060. The Labute approximate surface area is 217 Å². The minimum atomic E-state index is -0.118. The SMILES string of the molecule is O=C(Nc1ccc(Cl)c(Cl)c1)N1CCN(C[C@@H]2CCCN(C3CCc4cc(F)ccc4C3)C2)CC1. The lowest BCUT2D eigenvalue weighted by molar-refractivity contribution is 0.0766. The predicted molar refractivity (Wildman–Crippen MR) is 140 cm³/mol. The summed E-state index contributed by atoms with van der Waals surface area (Å²) < 4.78 is 13.6. The van der Waals surface area contributed by atoms with Gasteiger partial charge in [0, 0.05) is 51.0 Å². The van der Waals surface area contributed by atoms with E-state index in [9.17, 15) is 9.18 Å². The summed E-state index contributed by atoms with van der Waals surface area (Å²) in [6, 6.07) is 10.9. The highest BCUT2D eigenvalue weighted by Gasteiger charge is 2.30. The first-order valence-electron chi connectivity index (χ1n) is 12.7. The summed E-state index contributed by atoms with van der Waals surface area (Å²) in [6.45, 7) is 6.63. The Morgan fingerprint density at radius 3 is 2.60 bits per heavy atom. The lowest BCUT2D eigenvalue weighted by Crippen LogP contribution is -2.53. The molecule has 0 spiro atoms. The zero-order valence-electron chi connectivity index (χ0n) is 20.0. The van der Waals surface area contributed by atoms with E-state index in [1.165, 1.54) is 30.5 Å². The minimum Gasteiger partial charge on any atom is -0.322 e. The number of hydrogen-bond donors (Lipinski definition) is 1. The minimum absolute atomic E-state index is 0.0932. The largest absolute Gasteiger partial charge is 0.322 e. The standard InChI is InChI=1S/C27H33Cl2FN4O/c28-25-8-6-23(16-26(25)29)31-27(35)33-12-10-32(11-13-33)17-19-2-1-9-34(18-19)24-7-4-20-14-22(30)5-3-21(20)15-24/h3,5-6,8,14,16,19,24H,1-2,4,7,9-13,15,17-18H2,(H,31,35)/t19-,24?/m0/s1. The van der Waals surface area contributed by atoms with E-state index in [1.807, 2.05) is 11.0 Å². The first-order chi connectivity index (χ1) is 16.9. The van der Waals surface area contributed by atoms with Crippen LogP contribution < -0.4 is 5.32 Å². The number of aryl methyl sites for hydroxylation is 1. The van der Waals surface area contributed by atoms with Gasteiger partial charge in [0.2, 0.25) is 0 Å². The van der Waals surface area contributed by atoms with Crippen molar-refractivity contribution in [2.24, 2.45) is 5.92 Å². The van der Waals surface area contributed by atoms with Gasteiger partial charge >= 0.3 is 6.03 Å². The highest BCUT2D eigenvalue weighted by Crippen LogP contribution is 2.29. The number of amides is 2. The zero-order valence-corrected chi connectivity index (χ0v) is 21.5. The number of urea groups is 1. The third-order valence-corrected chi connectivity index (χ3v) is 8.52. The van der Waals surface area contributed by atoms with E-state index in [0.29, 0.717) is 27.7 Å². The molecule has 1 unspecified atom stereocenters. The Morgan fingerprint density at radius 1 is 0.971 bits per heavy atom. The molecule has 1 N–H and O–H groups in total. The maximum Gasteiger partial charge on any atom is 0.321 e. The quantitative estimate of drug-likeness (QED) is 0.576. The molecule has 2 heterocycles. The van der Waals surface area contributed by atoms with Gasteiger partial charge in [0.1, 0.15) is 5.82 Å². The number of carbonyl (C=O) groups excluding carboxylic acids is 1. The fourth-order valence-corrected chi connectivity index (χ4v) is 6.17. The van der Waals surface area contributed by atoms with Crippen LogP contribution in [0.2, 0.25) is 10.0 Å². The second-order valence-electron chi connectivity index (χ2n) is 10.2. The lowest BCUT2D eigenvalue weighted by atomic mass is 9.85. The van der Waals surface area contributed by atoms with E-state index < -0.39 is 0 Å². The van der Waals surface area contributed by atoms with Crippen molar-refractivity contribution in [3.63, 3.8) is 0 Å². The van der Waals surface area contributed by atoms with Crippen LogP contribution in [0.4, 0.5) is 14.9 Å². The van der Waals surface area contributed by atoms with Crippen molar-refractivity contribution in [3.8, 4) is 0 Å². The van der Waals surface area contributed by atoms with Crippen LogP contribution in [0.15, 0.2) is 36.4 Å². The Morgan fingerprint density at radius 2 is 1.80 bits per heavy atom. The van der Waals surface area contributed by atoms with Crippen LogP contribution in [0.5, 0.6) is 0 Å². The number of fused-ring (bicyclic) bond motifs is 1. The van der Waals surface area contributed by atoms with Crippen LogP contribution in [0.25, 0.3) is 0 Å². The van der Waals surface area contributed by atoms with E-state index in [4.69, 9.17) is 23.2 Å². The lowest BCUT2D eigenvalue weighted by Gasteiger charge is -2.42. The first-order valence-corrected chi connectivity index (χ1v) is 13.4. The smallest absolute Gasteiger partial charge is 0.321 e. The molecular formula is C27H33Cl2FN4O. The van der Waals surface area contributed by atoms with Crippen LogP contribution in [0.1, 0.15) is 30.4 Å². The van der Waals surface area contributed by atoms with E-state index in [2.05, 4.69) is 15.1 Å². The van der Waals surface area contributed by atoms with Gasteiger partial charge in [0.05, 0.1) is 10.0 Å². The molecule has 5 rings (SSSR count). The molecule has 8 heteroatoms. The molecule has 2 aromatic carbocycles. The number of piperidine rings is 1. The summed E-state index contributed by atoms with van der Waals surface area (Å²) >= 11 is 12.0. The molecule has 0 bridgehead atoms. The van der Waals surface area contributed by atoms with Gasteiger partial charge in [-0.1, -0.05) is 29.3 Å². The second-order valence-corrected chi connectivity index (χ2v) is 11.0. The van der Waals surface area contributed by atoms with Gasteiger partial charge in [0.25, 0.3) is 0 Å². The molecule has 2 saturated heterocycles. The van der Waals surface area contributed by atoms with E-state index in [0.717, 1.165) is 58.5 Å². The normalized spacial score (nSPS) is 23.7. The number of carbonyl (C=O) groups is 1. The summed E-state index contributed by atoms with van der Waals surface area (Å²) in [5.41, 5.74) is 3.17. The number of nitrogens with zero attached hydrogens (tertiary/aromatic N) is 3. The van der Waals surface area contributed by atoms with Crippen LogP contribution in [0, 0.1) is 11.7 Å². The number of likely N-dealkylation sites (tertiary alicyclic amines) is 1. The molecule has 3 aliphatic rings. The summed E-state index contributed by atoms with van der Waals surface area (Å²) in [4.78, 5) is 19.7. The van der Waals surface area contributed by atoms with Crippen molar-refractivity contribution in [2.75, 3.05) is 51.1 Å². The predicted octanol–water partition coefficient (Wildman–Crippen LogP) is 5.55. The summed E-state index contributed by atoms with van der Waals surface area (Å²) in [7, 11) is 0. The number of nitrogens with one attached hydrogen (secondary N) is 1. The third-order valence-electron chi connectivity index (χ3n) is 7.78. The Balaban J connectivity index is 1.08. The van der Waals surface area contributed by atoms with Crippen molar-refractivity contribution < 1.29 is 9.18 Å². The molecule has 0 saturated carbocycles. The van der Waals surface area contributed by atoms with Crippen LogP contribution in [-0.4, -0.2) is 72.6 Å². The number of benzene rings is 2. The Hall–Kier alpha value is -1.86. The maximum atomic E-state index is 13.6. The molecule has 0 radical (unpaired) electrons. The van der Waals surface area contributed by atoms with Crippen LogP contribution >= 0.6 is 23.2 Å². The van der Waals surface area contributed by atoms with Crippen molar-refractivity contribution in [2.45, 2.75) is 38.1 Å². The van der Waals surface area contributed by atoms with Gasteiger partial charge in [-0.15, -0.1) is 0 Å². The van der Waals surface area contributed by atoms with Gasteiger partial charge < -0.3 is 10.2 Å². The maximum absolute atomic E-state index is 13.6. The molecule has 2 aromatic rings. The summed E-state index contributed by atoms with van der Waals surface area (Å²) in [6.07, 6.45) is 5.64. The second kappa shape index (κ2) is 11.0. The highest BCUT2D eigenvalue weighted by atomic mass is 35.5. The molecule has 1 aliphatic carbocycles. The summed E-state index contributed by atoms with van der Waals surface area (Å²) in [5.74, 6) is 0.544. The fraction of sp³-hybridized carbons (Fsp3) is 0.519. The molecule has 0 aromatic heterocycles. The fourth-order valence-electron chi connectivity index (χ4n) is 5.87. The van der Waals surface area contributed by atoms with Gasteiger partial charge in [0.15, 0.2) is 0 Å². The molecule has 5 nitrogen and oxygen atoms in total. The topological polar surface area (TPSA) is 38.8 Å². The van der Waals surface area contributed by atoms with Gasteiger partial charge in [-0.2, -0.15) is 0 Å². The molecular weight excluding hydrogens is 486 g/mol. The van der Waals surface area contributed by atoms with E-state index in [-0.39, 0.29) is 11.8 Å². The zero-order chi connectivity index (χ0) is 24.4. The highest BCUT2D eigenvalue weighted by molar-refractivity contribution is 6.42. The number of hydrogen-bond acceptors (Lipinski definition) is 3. The van der Waals surface area contributed by atoms with E-state index >= 15 is 0 Å². The molecule has 188 valence electrons. The third kappa shape index (κ3) is 6.11. The van der Waals surface area contributed by atoms with Crippen molar-refractivity contribution in [3.05, 3.63) is 63.4 Å². The van der Waals surface area contributed by atoms with Crippen molar-refractivity contribution in [1.29, 1.82) is 0 Å². The number of rotatable bonds is 4. The molecule has 2 amide bonds. The van der Waals surface area contributed by atoms with Gasteiger partial charge in [-0.25, -0.2) is 9.18 Å². The van der Waals surface area contributed by atoms with Crippen LogP contribution in [-0.2, 0) is 12.8 Å². The number of halogens is 3. The van der Waals surface area contributed by atoms with E-state index in [1.54, 1.807) is 30.3 Å². The van der Waals surface area contributed by atoms with Crippen LogP contribution in [0.3, 0.4) is 0 Å². The number of anilines is 1. The van der Waals surface area contributed by atoms with Crippen molar-refractivity contribution >= 4 is 34.9 Å². The Kier molecular flexibility index (Phi) is 7.83. The average Bonchev–Trinajstić information content (AvgIpc) is 2.86. The summed E-state index contributed by atoms with van der Waals surface area (Å²) in [5, 5.41) is 3.83. The first kappa shape index (κ1) is 24.8. The molecule has 35 heavy (non-hydrogen) atoms.